The van der Waals surface area contributed by atoms with Crippen LogP contribution in [-0.2, 0) is 4.79 Å². The van der Waals surface area contributed by atoms with E-state index < -0.39 is 5.97 Å². The van der Waals surface area contributed by atoms with Crippen LogP contribution in [0.1, 0.15) is 4.88 Å². The van der Waals surface area contributed by atoms with Gasteiger partial charge in [0.1, 0.15) is 17.3 Å². The molecule has 1 N–H and O–H groups in total. The summed E-state index contributed by atoms with van der Waals surface area (Å²) in [7, 11) is 0. The van der Waals surface area contributed by atoms with Gasteiger partial charge in [0.15, 0.2) is 12.2 Å². The second-order valence-electron chi connectivity index (χ2n) is 5.77. The number of carboxylic acids is 1. The number of rotatable bonds is 4. The first-order chi connectivity index (χ1) is 13.2. The van der Waals surface area contributed by atoms with Crippen molar-refractivity contribution in [3.05, 3.63) is 71.4 Å². The molecule has 2 aromatic heterocycles. The zero-order valence-electron chi connectivity index (χ0n) is 13.9. The Labute approximate surface area is 158 Å². The molecule has 2 aromatic carbocycles. The van der Waals surface area contributed by atoms with Gasteiger partial charge in [0, 0.05) is 10.4 Å². The number of fused-ring (bicyclic) bond motifs is 1. The predicted molar refractivity (Wildman–Crippen MR) is 104 cm³/mol. The number of benzene rings is 2. The highest BCUT2D eigenvalue weighted by molar-refractivity contribution is 7.16. The van der Waals surface area contributed by atoms with E-state index in [0.717, 1.165) is 21.2 Å². The number of aliphatic carboxylic acids is 1. The molecule has 0 aliphatic rings. The van der Waals surface area contributed by atoms with Crippen molar-refractivity contribution in [2.45, 2.75) is 0 Å². The Morgan fingerprint density at radius 1 is 1.15 bits per heavy atom. The highest BCUT2D eigenvalue weighted by atomic mass is 32.1. The number of nitrogens with zero attached hydrogens (tertiary/aromatic N) is 2. The van der Waals surface area contributed by atoms with Crippen LogP contribution >= 0.6 is 11.3 Å². The Hall–Kier alpha value is -3.69. The maximum Gasteiger partial charge on any atom is 0.346 e. The molecule has 4 rings (SSSR count). The molecule has 0 aliphatic carbocycles. The Morgan fingerprint density at radius 2 is 1.96 bits per heavy atom. The van der Waals surface area contributed by atoms with Gasteiger partial charge in [0.2, 0.25) is 0 Å². The van der Waals surface area contributed by atoms with Gasteiger partial charge in [-0.05, 0) is 35.0 Å². The smallest absolute Gasteiger partial charge is 0.346 e. The first kappa shape index (κ1) is 16.8. The lowest BCUT2D eigenvalue weighted by Gasteiger charge is -2.02. The van der Waals surface area contributed by atoms with E-state index in [0.29, 0.717) is 16.3 Å². The van der Waals surface area contributed by atoms with Crippen LogP contribution in [0.15, 0.2) is 71.0 Å². The molecule has 0 amide bonds. The lowest BCUT2D eigenvalue weighted by atomic mass is 10.0. The first-order valence-corrected chi connectivity index (χ1v) is 8.85. The lowest BCUT2D eigenvalue weighted by Crippen LogP contribution is -1.96. The van der Waals surface area contributed by atoms with E-state index in [1.165, 1.54) is 23.8 Å². The largest absolute Gasteiger partial charge is 0.477 e. The fourth-order valence-corrected chi connectivity index (χ4v) is 3.74. The minimum Gasteiger partial charge on any atom is -0.477 e. The van der Waals surface area contributed by atoms with E-state index in [4.69, 9.17) is 14.8 Å². The van der Waals surface area contributed by atoms with Crippen molar-refractivity contribution in [3.63, 3.8) is 0 Å². The second kappa shape index (κ2) is 6.90. The van der Waals surface area contributed by atoms with Crippen molar-refractivity contribution in [3.8, 4) is 28.0 Å². The van der Waals surface area contributed by atoms with Gasteiger partial charge in [0.25, 0.3) is 0 Å². The normalized spacial score (nSPS) is 11.4. The number of aromatic nitrogens is 1. The number of hydrogen-bond donors (Lipinski definition) is 1. The average molecular weight is 372 g/mol. The molecule has 0 spiro atoms. The van der Waals surface area contributed by atoms with Crippen LogP contribution in [0.4, 0.5) is 0 Å². The fraction of sp³-hybridized carbons (Fsp3) is 0. The molecule has 0 unspecified atom stereocenters. The first-order valence-electron chi connectivity index (χ1n) is 8.03. The third kappa shape index (κ3) is 3.24. The highest BCUT2D eigenvalue weighted by Gasteiger charge is 2.16. The summed E-state index contributed by atoms with van der Waals surface area (Å²) in [5.74, 6) is -0.595. The Morgan fingerprint density at radius 3 is 2.74 bits per heavy atom. The molecule has 130 valence electrons. The summed E-state index contributed by atoms with van der Waals surface area (Å²) in [5.41, 5.74) is 1.29. The summed E-state index contributed by atoms with van der Waals surface area (Å²) in [6.07, 6.45) is 2.75. The molecule has 0 aliphatic heterocycles. The van der Waals surface area contributed by atoms with Gasteiger partial charge in [0.05, 0.1) is 4.88 Å². The van der Waals surface area contributed by atoms with Gasteiger partial charge >= 0.3 is 5.97 Å². The van der Waals surface area contributed by atoms with Crippen molar-refractivity contribution < 1.29 is 14.3 Å². The molecule has 27 heavy (non-hydrogen) atoms. The monoisotopic (exact) mass is 372 g/mol. The molecule has 0 saturated heterocycles. The van der Waals surface area contributed by atoms with Crippen LogP contribution in [0.2, 0.25) is 0 Å². The van der Waals surface area contributed by atoms with Crippen LogP contribution in [0.3, 0.4) is 0 Å². The van der Waals surface area contributed by atoms with E-state index >= 15 is 0 Å². The SMILES string of the molecule is N#C/C(=C\c1ccc(-c2ncoc2-c2ccc3ccccc3c2)s1)C(=O)O. The summed E-state index contributed by atoms with van der Waals surface area (Å²) in [5, 5.41) is 20.1. The molecule has 5 nitrogen and oxygen atoms in total. The van der Waals surface area contributed by atoms with Crippen molar-refractivity contribution >= 4 is 34.2 Å². The van der Waals surface area contributed by atoms with E-state index in [1.54, 1.807) is 12.1 Å². The van der Waals surface area contributed by atoms with Crippen LogP contribution in [-0.4, -0.2) is 16.1 Å². The average Bonchev–Trinajstić information content (AvgIpc) is 3.34. The maximum atomic E-state index is 11.0. The van der Waals surface area contributed by atoms with Gasteiger partial charge in [-0.1, -0.05) is 36.4 Å². The summed E-state index contributed by atoms with van der Waals surface area (Å²) < 4.78 is 5.64. The van der Waals surface area contributed by atoms with Crippen LogP contribution < -0.4 is 0 Å². The topological polar surface area (TPSA) is 87.1 Å². The molecular formula is C21H12N2O3S. The molecular weight excluding hydrogens is 360 g/mol. The Kier molecular flexibility index (Phi) is 4.29. The lowest BCUT2D eigenvalue weighted by molar-refractivity contribution is -0.132. The summed E-state index contributed by atoms with van der Waals surface area (Å²) in [4.78, 5) is 16.8. The molecule has 4 aromatic rings. The van der Waals surface area contributed by atoms with Crippen LogP contribution in [0.5, 0.6) is 0 Å². The maximum absolute atomic E-state index is 11.0. The molecule has 0 radical (unpaired) electrons. The van der Waals surface area contributed by atoms with Crippen LogP contribution in [0.25, 0.3) is 38.7 Å². The number of carbonyl (C=O) groups is 1. The van der Waals surface area contributed by atoms with Gasteiger partial charge in [-0.25, -0.2) is 9.78 Å². The van der Waals surface area contributed by atoms with E-state index in [9.17, 15) is 4.79 Å². The fourth-order valence-electron chi connectivity index (χ4n) is 2.80. The Bertz CT molecular complexity index is 1230. The number of oxazole rings is 1. The molecule has 0 bridgehead atoms. The summed E-state index contributed by atoms with van der Waals surface area (Å²) in [6.45, 7) is 0. The number of hydrogen-bond acceptors (Lipinski definition) is 5. The van der Waals surface area contributed by atoms with Gasteiger partial charge in [-0.3, -0.25) is 0 Å². The second-order valence-corrected chi connectivity index (χ2v) is 6.88. The zero-order valence-corrected chi connectivity index (χ0v) is 14.7. The van der Waals surface area contributed by atoms with Crippen molar-refractivity contribution in [2.24, 2.45) is 0 Å². The number of carboxylic acid groups (broad SMARTS) is 1. The zero-order chi connectivity index (χ0) is 18.8. The minimum absolute atomic E-state index is 0.307. The molecule has 0 fully saturated rings. The molecule has 2 heterocycles. The quantitative estimate of drug-likeness (QED) is 0.392. The van der Waals surface area contributed by atoms with Crippen LogP contribution in [0, 0.1) is 11.3 Å². The number of nitriles is 1. The van der Waals surface area contributed by atoms with Gasteiger partial charge in [-0.15, -0.1) is 11.3 Å². The van der Waals surface area contributed by atoms with E-state index in [2.05, 4.69) is 4.98 Å². The predicted octanol–water partition coefficient (Wildman–Crippen LogP) is 5.21. The third-order valence-electron chi connectivity index (χ3n) is 4.08. The summed E-state index contributed by atoms with van der Waals surface area (Å²) in [6, 6.07) is 19.4. The van der Waals surface area contributed by atoms with Crippen molar-refractivity contribution in [2.75, 3.05) is 0 Å². The minimum atomic E-state index is -1.24. The summed E-state index contributed by atoms with van der Waals surface area (Å²) >= 11 is 1.35. The van der Waals surface area contributed by atoms with Crippen molar-refractivity contribution in [1.29, 1.82) is 5.26 Å². The third-order valence-corrected chi connectivity index (χ3v) is 5.12. The standard InChI is InChI=1S/C21H12N2O3S/c22-11-16(21(24)25)10-17-7-8-18(27-17)19-20(26-12-23-19)15-6-5-13-3-1-2-4-14(13)9-15/h1-10,12H,(H,24,25)/b16-10+. The molecule has 0 saturated carbocycles. The molecule has 0 atom stereocenters. The van der Waals surface area contributed by atoms with Crippen molar-refractivity contribution in [1.82, 2.24) is 4.98 Å². The number of thiophene rings is 1. The van der Waals surface area contributed by atoms with Gasteiger partial charge in [-0.2, -0.15) is 5.26 Å². The molecule has 6 heteroatoms. The van der Waals surface area contributed by atoms with Gasteiger partial charge < -0.3 is 9.52 Å². The van der Waals surface area contributed by atoms with E-state index in [-0.39, 0.29) is 5.57 Å². The Balaban J connectivity index is 1.74. The highest BCUT2D eigenvalue weighted by Crippen LogP contribution is 2.36. The van der Waals surface area contributed by atoms with E-state index in [1.807, 2.05) is 48.5 Å².